The van der Waals surface area contributed by atoms with Gasteiger partial charge in [-0.2, -0.15) is 0 Å². The monoisotopic (exact) mass is 324 g/mol. The van der Waals surface area contributed by atoms with Crippen molar-refractivity contribution in [2.24, 2.45) is 0 Å². The van der Waals surface area contributed by atoms with Crippen molar-refractivity contribution in [2.45, 2.75) is 31.4 Å². The number of hydrogen-bond donors (Lipinski definition) is 0. The predicted octanol–water partition coefficient (Wildman–Crippen LogP) is 3.08. The Labute approximate surface area is 133 Å². The van der Waals surface area contributed by atoms with Gasteiger partial charge in [0.05, 0.1) is 0 Å². The van der Waals surface area contributed by atoms with E-state index in [9.17, 15) is 8.42 Å². The van der Waals surface area contributed by atoms with E-state index in [1.54, 1.807) is 0 Å². The molecule has 4 nitrogen and oxygen atoms in total. The van der Waals surface area contributed by atoms with Crippen molar-refractivity contribution in [2.75, 3.05) is 26.1 Å². The van der Waals surface area contributed by atoms with Crippen LogP contribution in [0.5, 0.6) is 5.75 Å². The minimum absolute atomic E-state index is 0.478. The quantitative estimate of drug-likeness (QED) is 0.781. The summed E-state index contributed by atoms with van der Waals surface area (Å²) in [6.07, 6.45) is 4.33. The van der Waals surface area contributed by atoms with Crippen LogP contribution in [0.4, 0.5) is 0 Å². The van der Waals surface area contributed by atoms with Gasteiger partial charge in [0.1, 0.15) is 17.1 Å². The van der Waals surface area contributed by atoms with E-state index in [1.165, 1.54) is 11.8 Å². The first-order valence-electron chi connectivity index (χ1n) is 7.49. The highest BCUT2D eigenvalue weighted by atomic mass is 32.2. The van der Waals surface area contributed by atoms with Crippen molar-refractivity contribution < 1.29 is 17.9 Å². The van der Waals surface area contributed by atoms with E-state index in [2.05, 4.69) is 0 Å². The SMILES string of the molecule is CC(C)=CCOc1ccc(C2(S(C)(=O)=O)CCOCC2)cc1. The average Bonchev–Trinajstić information content (AvgIpc) is 2.47. The highest BCUT2D eigenvalue weighted by Gasteiger charge is 2.43. The molecule has 5 heteroatoms. The maximum absolute atomic E-state index is 12.3. The van der Waals surface area contributed by atoms with E-state index >= 15 is 0 Å². The molecular weight excluding hydrogens is 300 g/mol. The van der Waals surface area contributed by atoms with Crippen molar-refractivity contribution in [1.29, 1.82) is 0 Å². The Kier molecular flexibility index (Phi) is 5.29. The Hall–Kier alpha value is -1.33. The van der Waals surface area contributed by atoms with Crippen LogP contribution in [-0.2, 0) is 19.3 Å². The zero-order valence-electron chi connectivity index (χ0n) is 13.5. The van der Waals surface area contributed by atoms with Crippen LogP contribution < -0.4 is 4.74 Å². The Bertz CT molecular complexity index is 619. The van der Waals surface area contributed by atoms with Gasteiger partial charge in [-0.3, -0.25) is 0 Å². The third-order valence-corrected chi connectivity index (χ3v) is 6.20. The second-order valence-electron chi connectivity index (χ2n) is 6.00. The minimum Gasteiger partial charge on any atom is -0.490 e. The summed E-state index contributed by atoms with van der Waals surface area (Å²) < 4.78 is 34.8. The number of benzene rings is 1. The molecule has 1 heterocycles. The zero-order valence-corrected chi connectivity index (χ0v) is 14.3. The van der Waals surface area contributed by atoms with Gasteiger partial charge in [0.25, 0.3) is 0 Å². The predicted molar refractivity (Wildman–Crippen MR) is 87.9 cm³/mol. The van der Waals surface area contributed by atoms with Crippen LogP contribution in [0, 0.1) is 0 Å². The Balaban J connectivity index is 2.22. The second kappa shape index (κ2) is 6.84. The molecule has 0 unspecified atom stereocenters. The fourth-order valence-electron chi connectivity index (χ4n) is 2.73. The van der Waals surface area contributed by atoms with Gasteiger partial charge in [0.15, 0.2) is 9.84 Å². The second-order valence-corrected chi connectivity index (χ2v) is 8.32. The van der Waals surface area contributed by atoms with Crippen molar-refractivity contribution in [3.05, 3.63) is 41.5 Å². The maximum Gasteiger partial charge on any atom is 0.157 e. The Morgan fingerprint density at radius 1 is 1.23 bits per heavy atom. The molecule has 1 fully saturated rings. The van der Waals surface area contributed by atoms with Crippen molar-refractivity contribution in [3.63, 3.8) is 0 Å². The molecule has 1 aromatic rings. The molecule has 0 radical (unpaired) electrons. The molecule has 0 spiro atoms. The summed E-state index contributed by atoms with van der Waals surface area (Å²) >= 11 is 0. The lowest BCUT2D eigenvalue weighted by Crippen LogP contribution is -2.40. The molecule has 0 aliphatic carbocycles. The molecule has 0 atom stereocenters. The van der Waals surface area contributed by atoms with E-state index in [4.69, 9.17) is 9.47 Å². The molecule has 1 saturated heterocycles. The van der Waals surface area contributed by atoms with Crippen LogP contribution in [0.1, 0.15) is 32.3 Å². The third kappa shape index (κ3) is 3.70. The van der Waals surface area contributed by atoms with Crippen molar-refractivity contribution in [1.82, 2.24) is 0 Å². The maximum atomic E-state index is 12.3. The van der Waals surface area contributed by atoms with Gasteiger partial charge in [-0.1, -0.05) is 17.7 Å². The third-order valence-electron chi connectivity index (χ3n) is 4.13. The van der Waals surface area contributed by atoms with Gasteiger partial charge in [-0.05, 0) is 50.5 Å². The lowest BCUT2D eigenvalue weighted by molar-refractivity contribution is 0.0742. The van der Waals surface area contributed by atoms with Crippen molar-refractivity contribution >= 4 is 9.84 Å². The summed E-state index contributed by atoms with van der Waals surface area (Å²) in [6.45, 7) is 5.52. The standard InChI is InChI=1S/C17H24O4S/c1-14(2)8-11-21-16-6-4-15(5-7-16)17(22(3,18)19)9-12-20-13-10-17/h4-8H,9-13H2,1-3H3. The van der Waals surface area contributed by atoms with E-state index in [0.29, 0.717) is 32.7 Å². The smallest absolute Gasteiger partial charge is 0.157 e. The summed E-state index contributed by atoms with van der Waals surface area (Å²) in [6, 6.07) is 7.42. The Morgan fingerprint density at radius 3 is 2.32 bits per heavy atom. The van der Waals surface area contributed by atoms with Crippen molar-refractivity contribution in [3.8, 4) is 5.75 Å². The molecule has 1 aliphatic rings. The summed E-state index contributed by atoms with van der Waals surface area (Å²) in [7, 11) is -3.21. The molecule has 0 saturated carbocycles. The van der Waals surface area contributed by atoms with Gasteiger partial charge >= 0.3 is 0 Å². The Morgan fingerprint density at radius 2 is 1.82 bits per heavy atom. The first-order valence-corrected chi connectivity index (χ1v) is 9.38. The molecule has 0 N–H and O–H groups in total. The fraction of sp³-hybridized carbons (Fsp3) is 0.529. The molecular formula is C17H24O4S. The summed E-state index contributed by atoms with van der Waals surface area (Å²) in [5, 5.41) is 0. The van der Waals surface area contributed by atoms with Gasteiger partial charge < -0.3 is 9.47 Å². The first-order chi connectivity index (χ1) is 10.3. The van der Waals surface area contributed by atoms with Crippen LogP contribution in [0.25, 0.3) is 0 Å². The average molecular weight is 324 g/mol. The summed E-state index contributed by atoms with van der Waals surface area (Å²) in [4.78, 5) is 0. The van der Waals surface area contributed by atoms with Crippen LogP contribution >= 0.6 is 0 Å². The fourth-order valence-corrected chi connectivity index (χ4v) is 4.21. The number of sulfone groups is 1. The minimum atomic E-state index is -3.21. The number of allylic oxidation sites excluding steroid dienone is 1. The topological polar surface area (TPSA) is 52.6 Å². The highest BCUT2D eigenvalue weighted by Crippen LogP contribution is 2.40. The highest BCUT2D eigenvalue weighted by molar-refractivity contribution is 7.91. The van der Waals surface area contributed by atoms with Gasteiger partial charge in [0, 0.05) is 19.5 Å². The molecule has 22 heavy (non-hydrogen) atoms. The van der Waals surface area contributed by atoms with Gasteiger partial charge in [0.2, 0.25) is 0 Å². The number of hydrogen-bond acceptors (Lipinski definition) is 4. The van der Waals surface area contributed by atoms with Crippen LogP contribution in [0.2, 0.25) is 0 Å². The molecule has 1 aliphatic heterocycles. The molecule has 0 bridgehead atoms. The largest absolute Gasteiger partial charge is 0.490 e. The lowest BCUT2D eigenvalue weighted by atomic mass is 9.90. The normalized spacial score (nSPS) is 17.8. The van der Waals surface area contributed by atoms with Gasteiger partial charge in [-0.15, -0.1) is 0 Å². The molecule has 0 aromatic heterocycles. The van der Waals surface area contributed by atoms with Gasteiger partial charge in [-0.25, -0.2) is 8.42 Å². The summed E-state index contributed by atoms with van der Waals surface area (Å²) in [5.41, 5.74) is 2.03. The van der Waals surface area contributed by atoms with Crippen LogP contribution in [0.3, 0.4) is 0 Å². The number of ether oxygens (including phenoxy) is 2. The van der Waals surface area contributed by atoms with Crippen LogP contribution in [0.15, 0.2) is 35.9 Å². The zero-order chi connectivity index (χ0) is 16.2. The first kappa shape index (κ1) is 17.0. The number of rotatable bonds is 5. The van der Waals surface area contributed by atoms with E-state index in [1.807, 2.05) is 44.2 Å². The molecule has 1 aromatic carbocycles. The molecule has 2 rings (SSSR count). The van der Waals surface area contributed by atoms with Crippen LogP contribution in [-0.4, -0.2) is 34.5 Å². The molecule has 122 valence electrons. The molecule has 0 amide bonds. The van der Waals surface area contributed by atoms with E-state index < -0.39 is 14.6 Å². The summed E-state index contributed by atoms with van der Waals surface area (Å²) in [5.74, 6) is 0.747. The lowest BCUT2D eigenvalue weighted by Gasteiger charge is -2.35. The van der Waals surface area contributed by atoms with E-state index in [-0.39, 0.29) is 0 Å². The van der Waals surface area contributed by atoms with E-state index in [0.717, 1.165) is 11.3 Å².